The maximum atomic E-state index is 6.17. The van der Waals surface area contributed by atoms with Crippen LogP contribution in [0.3, 0.4) is 0 Å². The average molecular weight is 282 g/mol. The van der Waals surface area contributed by atoms with E-state index < -0.39 is 0 Å². The van der Waals surface area contributed by atoms with Crippen molar-refractivity contribution < 1.29 is 4.74 Å². The van der Waals surface area contributed by atoms with E-state index in [9.17, 15) is 0 Å². The molecule has 1 fully saturated rings. The van der Waals surface area contributed by atoms with Crippen molar-refractivity contribution in [2.45, 2.75) is 19.6 Å². The molecule has 2 aromatic rings. The molecule has 19 heavy (non-hydrogen) atoms. The van der Waals surface area contributed by atoms with Crippen molar-refractivity contribution >= 4 is 22.6 Å². The molecule has 0 amide bonds. The first-order chi connectivity index (χ1) is 9.13. The molecule has 1 aliphatic heterocycles. The van der Waals surface area contributed by atoms with Crippen LogP contribution in [0.1, 0.15) is 12.7 Å². The van der Waals surface area contributed by atoms with Crippen molar-refractivity contribution in [3.8, 4) is 0 Å². The van der Waals surface area contributed by atoms with Gasteiger partial charge in [0.05, 0.1) is 30.8 Å². The van der Waals surface area contributed by atoms with Crippen LogP contribution in [0.15, 0.2) is 6.20 Å². The molecule has 0 aliphatic carbocycles. The Balaban J connectivity index is 1.86. The molecule has 3 rings (SSSR count). The summed E-state index contributed by atoms with van der Waals surface area (Å²) < 4.78 is 7.24. The number of aromatic nitrogens is 4. The van der Waals surface area contributed by atoms with Gasteiger partial charge in [-0.05, 0) is 6.92 Å². The quantitative estimate of drug-likeness (QED) is 0.775. The molecule has 1 aliphatic rings. The van der Waals surface area contributed by atoms with Crippen LogP contribution in [0.4, 0.5) is 0 Å². The topological polar surface area (TPSA) is 56.1 Å². The van der Waals surface area contributed by atoms with Crippen molar-refractivity contribution in [2.75, 3.05) is 19.7 Å². The van der Waals surface area contributed by atoms with Gasteiger partial charge < -0.3 is 4.74 Å². The van der Waals surface area contributed by atoms with Gasteiger partial charge in [0.2, 0.25) is 0 Å². The summed E-state index contributed by atoms with van der Waals surface area (Å²) in [7, 11) is 1.85. The second-order valence-electron chi connectivity index (χ2n) is 4.85. The van der Waals surface area contributed by atoms with E-state index in [0.717, 1.165) is 36.6 Å². The maximum Gasteiger partial charge on any atom is 0.162 e. The molecule has 0 bridgehead atoms. The minimum Gasteiger partial charge on any atom is -0.376 e. The number of halogens is 1. The Morgan fingerprint density at radius 3 is 3.11 bits per heavy atom. The molecular formula is C12H16ClN5O. The molecule has 0 aromatic carbocycles. The van der Waals surface area contributed by atoms with E-state index in [1.165, 1.54) is 0 Å². The zero-order chi connectivity index (χ0) is 13.4. The molecule has 0 saturated carbocycles. The highest BCUT2D eigenvalue weighted by Crippen LogP contribution is 2.20. The van der Waals surface area contributed by atoms with Crippen LogP contribution in [0, 0.1) is 0 Å². The fourth-order valence-corrected chi connectivity index (χ4v) is 2.57. The molecule has 102 valence electrons. The molecular weight excluding hydrogens is 266 g/mol. The van der Waals surface area contributed by atoms with Gasteiger partial charge in [0.1, 0.15) is 11.0 Å². The second-order valence-corrected chi connectivity index (χ2v) is 5.21. The summed E-state index contributed by atoms with van der Waals surface area (Å²) in [6, 6.07) is 0. The van der Waals surface area contributed by atoms with E-state index in [-0.39, 0.29) is 6.10 Å². The highest BCUT2D eigenvalue weighted by molar-refractivity contribution is 6.33. The largest absolute Gasteiger partial charge is 0.376 e. The number of hydrogen-bond donors (Lipinski definition) is 0. The number of ether oxygens (including phenoxy) is 1. The third kappa shape index (κ3) is 2.56. The fraction of sp³-hybridized carbons (Fsp3) is 0.583. The van der Waals surface area contributed by atoms with Gasteiger partial charge in [0, 0.05) is 20.1 Å². The first-order valence-electron chi connectivity index (χ1n) is 6.31. The van der Waals surface area contributed by atoms with Gasteiger partial charge in [-0.3, -0.25) is 9.58 Å². The molecule has 1 unspecified atom stereocenters. The van der Waals surface area contributed by atoms with E-state index in [0.29, 0.717) is 11.7 Å². The molecule has 6 nitrogen and oxygen atoms in total. The number of morpholine rings is 1. The zero-order valence-corrected chi connectivity index (χ0v) is 11.8. The summed E-state index contributed by atoms with van der Waals surface area (Å²) in [6.07, 6.45) is 1.95. The normalized spacial score (nSPS) is 21.1. The van der Waals surface area contributed by atoms with Crippen LogP contribution in [-0.4, -0.2) is 50.4 Å². The predicted octanol–water partition coefficient (Wildman–Crippen LogP) is 1.24. The van der Waals surface area contributed by atoms with Crippen LogP contribution in [0.25, 0.3) is 11.0 Å². The van der Waals surface area contributed by atoms with Crippen molar-refractivity contribution in [3.63, 3.8) is 0 Å². The Bertz CT molecular complexity index is 599. The van der Waals surface area contributed by atoms with Gasteiger partial charge in [-0.2, -0.15) is 5.10 Å². The molecule has 0 N–H and O–H groups in total. The van der Waals surface area contributed by atoms with Crippen molar-refractivity contribution in [1.29, 1.82) is 0 Å². The lowest BCUT2D eigenvalue weighted by Gasteiger charge is -2.30. The van der Waals surface area contributed by atoms with Gasteiger partial charge in [0.25, 0.3) is 0 Å². The highest BCUT2D eigenvalue weighted by Gasteiger charge is 2.18. The highest BCUT2D eigenvalue weighted by atomic mass is 35.5. The summed E-state index contributed by atoms with van der Waals surface area (Å²) in [5.74, 6) is 0.732. The lowest BCUT2D eigenvalue weighted by atomic mass is 10.3. The fourth-order valence-electron chi connectivity index (χ4n) is 2.33. The molecule has 0 spiro atoms. The first-order valence-corrected chi connectivity index (χ1v) is 6.69. The van der Waals surface area contributed by atoms with Crippen molar-refractivity contribution in [3.05, 3.63) is 17.2 Å². The number of hydrogen-bond acceptors (Lipinski definition) is 5. The third-order valence-corrected chi connectivity index (χ3v) is 3.57. The SMILES string of the molecule is CC1CN(Cc2nc(Cl)c3cnn(C)c3n2)CCO1. The molecule has 0 radical (unpaired) electrons. The summed E-state index contributed by atoms with van der Waals surface area (Å²) >= 11 is 6.17. The van der Waals surface area contributed by atoms with Crippen LogP contribution in [0.5, 0.6) is 0 Å². The van der Waals surface area contributed by atoms with Crippen molar-refractivity contribution in [1.82, 2.24) is 24.6 Å². The minimum absolute atomic E-state index is 0.254. The predicted molar refractivity (Wildman–Crippen MR) is 72.0 cm³/mol. The molecule has 3 heterocycles. The van der Waals surface area contributed by atoms with E-state index >= 15 is 0 Å². The maximum absolute atomic E-state index is 6.17. The lowest BCUT2D eigenvalue weighted by Crippen LogP contribution is -2.40. The van der Waals surface area contributed by atoms with Gasteiger partial charge in [-0.15, -0.1) is 0 Å². The average Bonchev–Trinajstić information content (AvgIpc) is 2.72. The molecule has 1 saturated heterocycles. The van der Waals surface area contributed by atoms with Crippen LogP contribution >= 0.6 is 11.6 Å². The van der Waals surface area contributed by atoms with Crippen LogP contribution in [-0.2, 0) is 18.3 Å². The summed E-state index contributed by atoms with van der Waals surface area (Å²) in [5, 5.41) is 5.41. The van der Waals surface area contributed by atoms with Gasteiger partial charge in [-0.25, -0.2) is 9.97 Å². The Morgan fingerprint density at radius 1 is 1.47 bits per heavy atom. The summed E-state index contributed by atoms with van der Waals surface area (Å²) in [4.78, 5) is 11.2. The van der Waals surface area contributed by atoms with Crippen molar-refractivity contribution in [2.24, 2.45) is 7.05 Å². The number of rotatable bonds is 2. The van der Waals surface area contributed by atoms with E-state index in [1.54, 1.807) is 10.9 Å². The van der Waals surface area contributed by atoms with Gasteiger partial charge >= 0.3 is 0 Å². The van der Waals surface area contributed by atoms with E-state index in [4.69, 9.17) is 16.3 Å². The summed E-state index contributed by atoms with van der Waals surface area (Å²) in [5.41, 5.74) is 0.774. The van der Waals surface area contributed by atoms with Crippen LogP contribution < -0.4 is 0 Å². The molecule has 7 heteroatoms. The standard InChI is InChI=1S/C12H16ClN5O/c1-8-6-18(3-4-19-8)7-10-15-11(13)9-5-14-17(2)12(9)16-10/h5,8H,3-4,6-7H2,1-2H3. The smallest absolute Gasteiger partial charge is 0.162 e. The van der Waals surface area contributed by atoms with Gasteiger partial charge in [-0.1, -0.05) is 11.6 Å². The summed E-state index contributed by atoms with van der Waals surface area (Å²) in [6.45, 7) is 5.31. The minimum atomic E-state index is 0.254. The van der Waals surface area contributed by atoms with Crippen LogP contribution in [0.2, 0.25) is 5.15 Å². The number of fused-ring (bicyclic) bond motifs is 1. The third-order valence-electron chi connectivity index (χ3n) is 3.28. The number of nitrogens with zero attached hydrogens (tertiary/aromatic N) is 5. The second kappa shape index (κ2) is 5.03. The Morgan fingerprint density at radius 2 is 2.32 bits per heavy atom. The molecule has 1 atom stereocenters. The Labute approximate surface area is 116 Å². The number of aryl methyl sites for hydroxylation is 1. The monoisotopic (exact) mass is 281 g/mol. The van der Waals surface area contributed by atoms with Gasteiger partial charge in [0.15, 0.2) is 5.65 Å². The molecule has 2 aromatic heterocycles. The lowest BCUT2D eigenvalue weighted by molar-refractivity contribution is -0.0219. The Kier molecular flexibility index (Phi) is 3.38. The van der Waals surface area contributed by atoms with E-state index in [2.05, 4.69) is 26.9 Å². The Hall–Kier alpha value is -1.24. The zero-order valence-electron chi connectivity index (χ0n) is 11.0. The first kappa shape index (κ1) is 12.8. The van der Waals surface area contributed by atoms with E-state index in [1.807, 2.05) is 7.05 Å².